The third-order valence-electron chi connectivity index (χ3n) is 3.73. The van der Waals surface area contributed by atoms with Gasteiger partial charge in [-0.3, -0.25) is 10.1 Å². The fraction of sp³-hybridized carbons (Fsp3) is 0.467. The Morgan fingerprint density at radius 3 is 2.32 bits per heavy atom. The van der Waals surface area contributed by atoms with Gasteiger partial charge in [0.1, 0.15) is 13.6 Å². The minimum atomic E-state index is -1.74. The molecule has 0 spiro atoms. The van der Waals surface area contributed by atoms with Crippen molar-refractivity contribution in [2.24, 2.45) is 0 Å². The Morgan fingerprint density at radius 2 is 1.84 bits per heavy atom. The molecule has 0 aliphatic heterocycles. The lowest BCUT2D eigenvalue weighted by molar-refractivity contribution is -0.385. The highest BCUT2D eigenvalue weighted by molar-refractivity contribution is 6.87. The van der Waals surface area contributed by atoms with E-state index in [4.69, 9.17) is 0 Å². The maximum atomic E-state index is 11.0. The van der Waals surface area contributed by atoms with E-state index in [1.165, 1.54) is 0 Å². The van der Waals surface area contributed by atoms with E-state index in [9.17, 15) is 10.1 Å². The predicted molar refractivity (Wildman–Crippen MR) is 81.9 cm³/mol. The summed E-state index contributed by atoms with van der Waals surface area (Å²) in [5.41, 5.74) is 4.81. The molecule has 19 heavy (non-hydrogen) atoms. The van der Waals surface area contributed by atoms with E-state index in [-0.39, 0.29) is 15.6 Å². The van der Waals surface area contributed by atoms with Crippen LogP contribution in [0.2, 0.25) is 18.1 Å². The van der Waals surface area contributed by atoms with Crippen molar-refractivity contribution < 1.29 is 4.92 Å². The van der Waals surface area contributed by atoms with Crippen LogP contribution in [0, 0.1) is 28.5 Å². The van der Waals surface area contributed by atoms with E-state index in [0.29, 0.717) is 5.56 Å². The van der Waals surface area contributed by atoms with E-state index in [1.54, 1.807) is 12.1 Å². The first-order chi connectivity index (χ1) is 8.54. The number of rotatable bonds is 1. The van der Waals surface area contributed by atoms with Crippen LogP contribution in [0.1, 0.15) is 31.9 Å². The van der Waals surface area contributed by atoms with Crippen LogP contribution >= 0.6 is 0 Å². The van der Waals surface area contributed by atoms with Gasteiger partial charge < -0.3 is 0 Å². The fourth-order valence-electron chi connectivity index (χ4n) is 1.31. The molecule has 0 radical (unpaired) electrons. The predicted octanol–water partition coefficient (Wildman–Crippen LogP) is 4.30. The largest absolute Gasteiger partial charge is 0.285 e. The van der Waals surface area contributed by atoms with E-state index in [0.717, 1.165) is 5.56 Å². The van der Waals surface area contributed by atoms with Crippen LogP contribution in [-0.2, 0) is 0 Å². The van der Waals surface area contributed by atoms with Crippen LogP contribution in [0.4, 0.5) is 5.69 Å². The van der Waals surface area contributed by atoms with Crippen LogP contribution < -0.4 is 0 Å². The zero-order valence-electron chi connectivity index (χ0n) is 12.5. The molecule has 4 heteroatoms. The summed E-state index contributed by atoms with van der Waals surface area (Å²) in [5, 5.41) is 11.2. The summed E-state index contributed by atoms with van der Waals surface area (Å²) in [6.45, 7) is 12.8. The highest BCUT2D eigenvalue weighted by atomic mass is 28.3. The normalized spacial score (nSPS) is 11.7. The Morgan fingerprint density at radius 1 is 1.26 bits per heavy atom. The Labute approximate surface area is 116 Å². The van der Waals surface area contributed by atoms with Gasteiger partial charge in [0, 0.05) is 6.07 Å². The maximum Gasteiger partial charge on any atom is 0.285 e. The summed E-state index contributed by atoms with van der Waals surface area (Å²) in [6.07, 6.45) is 0. The van der Waals surface area contributed by atoms with Gasteiger partial charge >= 0.3 is 0 Å². The minimum absolute atomic E-state index is 0.103. The topological polar surface area (TPSA) is 43.1 Å². The number of nitrogens with zero attached hydrogens (tertiary/aromatic N) is 1. The maximum absolute atomic E-state index is 11.0. The molecule has 0 bridgehead atoms. The molecule has 0 aromatic heterocycles. The molecule has 0 heterocycles. The van der Waals surface area contributed by atoms with E-state index >= 15 is 0 Å². The van der Waals surface area contributed by atoms with Crippen LogP contribution in [0.25, 0.3) is 0 Å². The van der Waals surface area contributed by atoms with Crippen LogP contribution in [0.3, 0.4) is 0 Å². The molecule has 0 atom stereocenters. The van der Waals surface area contributed by atoms with Gasteiger partial charge in [-0.2, -0.15) is 0 Å². The average Bonchev–Trinajstić information content (AvgIpc) is 2.25. The first kappa shape index (κ1) is 15.5. The van der Waals surface area contributed by atoms with Gasteiger partial charge in [0.15, 0.2) is 0 Å². The molecule has 102 valence electrons. The number of nitro groups is 1. The SMILES string of the molecule is Cc1ccc(C#C[Si](C)(C)C(C)(C)C)c([N+](=O)[O-])c1. The molecule has 0 fully saturated rings. The molecular formula is C15H21NO2Si. The van der Waals surface area contributed by atoms with E-state index in [1.807, 2.05) is 13.0 Å². The summed E-state index contributed by atoms with van der Waals surface area (Å²) in [5.74, 6) is 3.04. The van der Waals surface area contributed by atoms with Gasteiger partial charge in [-0.15, -0.1) is 5.54 Å². The van der Waals surface area contributed by atoms with Crippen molar-refractivity contribution in [2.45, 2.75) is 45.8 Å². The second kappa shape index (κ2) is 5.18. The van der Waals surface area contributed by atoms with Crippen molar-refractivity contribution in [3.63, 3.8) is 0 Å². The van der Waals surface area contributed by atoms with Crippen LogP contribution in [0.15, 0.2) is 18.2 Å². The lowest BCUT2D eigenvalue weighted by Gasteiger charge is -2.31. The standard InChI is InChI=1S/C15H21NO2Si/c1-12-7-8-13(14(11-12)16(17)18)9-10-19(5,6)15(2,3)4/h7-8,11H,1-6H3. The molecule has 0 N–H and O–H groups in total. The van der Waals surface area contributed by atoms with Crippen molar-refractivity contribution in [3.8, 4) is 11.5 Å². The van der Waals surface area contributed by atoms with Crippen molar-refractivity contribution in [2.75, 3.05) is 0 Å². The molecule has 3 nitrogen and oxygen atoms in total. The van der Waals surface area contributed by atoms with Gasteiger partial charge in [0.25, 0.3) is 5.69 Å². The highest BCUT2D eigenvalue weighted by Crippen LogP contribution is 2.35. The quantitative estimate of drug-likeness (QED) is 0.332. The van der Waals surface area contributed by atoms with Gasteiger partial charge in [0.2, 0.25) is 0 Å². The molecule has 0 unspecified atom stereocenters. The lowest BCUT2D eigenvalue weighted by Crippen LogP contribution is -2.35. The summed E-state index contributed by atoms with van der Waals surface area (Å²) in [4.78, 5) is 10.7. The number of hydrogen-bond donors (Lipinski definition) is 0. The van der Waals surface area contributed by atoms with Gasteiger partial charge in [-0.1, -0.05) is 45.9 Å². The van der Waals surface area contributed by atoms with Crippen molar-refractivity contribution in [1.82, 2.24) is 0 Å². The first-order valence-electron chi connectivity index (χ1n) is 6.33. The molecule has 0 amide bonds. The molecule has 0 aliphatic rings. The lowest BCUT2D eigenvalue weighted by atomic mass is 10.1. The van der Waals surface area contributed by atoms with Gasteiger partial charge in [0.05, 0.1) is 4.92 Å². The van der Waals surface area contributed by atoms with Gasteiger partial charge in [-0.25, -0.2) is 0 Å². The summed E-state index contributed by atoms with van der Waals surface area (Å²) < 4.78 is 0. The second-order valence-electron chi connectivity index (χ2n) is 6.40. The third kappa shape index (κ3) is 3.68. The van der Waals surface area contributed by atoms with Crippen molar-refractivity contribution in [1.29, 1.82) is 0 Å². The molecule has 1 rings (SSSR count). The van der Waals surface area contributed by atoms with Crippen molar-refractivity contribution in [3.05, 3.63) is 39.4 Å². The summed E-state index contributed by atoms with van der Waals surface area (Å²) >= 11 is 0. The van der Waals surface area contributed by atoms with Gasteiger partial charge in [-0.05, 0) is 23.6 Å². The van der Waals surface area contributed by atoms with Crippen molar-refractivity contribution >= 4 is 13.8 Å². The Balaban J connectivity index is 3.26. The van der Waals surface area contributed by atoms with E-state index < -0.39 is 8.07 Å². The molecule has 1 aromatic rings. The number of nitro benzene ring substituents is 1. The number of benzene rings is 1. The van der Waals surface area contributed by atoms with Crippen LogP contribution in [-0.4, -0.2) is 13.0 Å². The molecule has 0 saturated carbocycles. The smallest absolute Gasteiger partial charge is 0.258 e. The zero-order valence-corrected chi connectivity index (χ0v) is 13.5. The minimum Gasteiger partial charge on any atom is -0.258 e. The molecule has 0 saturated heterocycles. The monoisotopic (exact) mass is 275 g/mol. The highest BCUT2D eigenvalue weighted by Gasteiger charge is 2.33. The zero-order chi connectivity index (χ0) is 14.8. The Hall–Kier alpha value is -1.60. The Kier molecular flexibility index (Phi) is 4.21. The molecule has 0 aliphatic carbocycles. The second-order valence-corrected chi connectivity index (χ2v) is 11.4. The average molecular weight is 275 g/mol. The fourth-order valence-corrected chi connectivity index (χ4v) is 2.13. The third-order valence-corrected chi connectivity index (χ3v) is 8.23. The Bertz CT molecular complexity index is 560. The number of aryl methyl sites for hydroxylation is 1. The van der Waals surface area contributed by atoms with Crippen LogP contribution in [0.5, 0.6) is 0 Å². The summed E-state index contributed by atoms with van der Waals surface area (Å²) in [6, 6.07) is 5.19. The summed E-state index contributed by atoms with van der Waals surface area (Å²) in [7, 11) is -1.74. The molecule has 1 aromatic carbocycles. The van der Waals surface area contributed by atoms with E-state index in [2.05, 4.69) is 45.3 Å². The molecular weight excluding hydrogens is 254 g/mol. The first-order valence-corrected chi connectivity index (χ1v) is 9.33. The number of hydrogen-bond acceptors (Lipinski definition) is 2.